The molecule has 1 unspecified atom stereocenters. The highest BCUT2D eigenvalue weighted by atomic mass is 16.5. The third-order valence-corrected chi connectivity index (χ3v) is 3.55. The predicted octanol–water partition coefficient (Wildman–Crippen LogP) is 0.870. The second-order valence-electron chi connectivity index (χ2n) is 5.45. The summed E-state index contributed by atoms with van der Waals surface area (Å²) >= 11 is 0. The topological polar surface area (TPSA) is 103 Å². The number of aryl methyl sites for hydroxylation is 1. The molecular formula is C15H20N6O2. The Bertz CT molecular complexity index is 775. The van der Waals surface area contributed by atoms with Crippen molar-refractivity contribution >= 4 is 11.5 Å². The Balaban J connectivity index is 0.000000188. The first-order chi connectivity index (χ1) is 11.1. The number of nitrogens with two attached hydrogens (primary N) is 1. The van der Waals surface area contributed by atoms with Gasteiger partial charge in [0.25, 0.3) is 0 Å². The predicted molar refractivity (Wildman–Crippen MR) is 85.7 cm³/mol. The molecule has 3 N–H and O–H groups in total. The molecule has 0 saturated carbocycles. The Morgan fingerprint density at radius 1 is 1.35 bits per heavy atom. The zero-order chi connectivity index (χ0) is 16.2. The van der Waals surface area contributed by atoms with Crippen molar-refractivity contribution in [3.63, 3.8) is 0 Å². The fourth-order valence-corrected chi connectivity index (χ4v) is 2.41. The van der Waals surface area contributed by atoms with Crippen molar-refractivity contribution < 1.29 is 9.84 Å². The lowest BCUT2D eigenvalue weighted by molar-refractivity contribution is -0.00535. The van der Waals surface area contributed by atoms with E-state index in [0.29, 0.717) is 6.61 Å². The number of ether oxygens (including phenoxy) is 1. The van der Waals surface area contributed by atoms with E-state index in [1.807, 2.05) is 25.4 Å². The summed E-state index contributed by atoms with van der Waals surface area (Å²) < 4.78 is 8.44. The van der Waals surface area contributed by atoms with Crippen LogP contribution in [-0.2, 0) is 11.8 Å². The van der Waals surface area contributed by atoms with Crippen LogP contribution in [0, 0.1) is 0 Å². The summed E-state index contributed by atoms with van der Waals surface area (Å²) in [4.78, 5) is 3.94. The zero-order valence-corrected chi connectivity index (χ0v) is 13.0. The largest absolute Gasteiger partial charge is 0.391 e. The summed E-state index contributed by atoms with van der Waals surface area (Å²) in [6.45, 7) is 1.37. The lowest BCUT2D eigenvalue weighted by Gasteiger charge is -2.15. The van der Waals surface area contributed by atoms with Gasteiger partial charge in [0, 0.05) is 25.4 Å². The summed E-state index contributed by atoms with van der Waals surface area (Å²) in [5.74, 6) is 0.258. The molecule has 0 aliphatic carbocycles. The number of rotatable bonds is 1. The van der Waals surface area contributed by atoms with Crippen molar-refractivity contribution in [2.75, 3.05) is 18.9 Å². The molecule has 1 aliphatic rings. The van der Waals surface area contributed by atoms with E-state index in [9.17, 15) is 0 Å². The fraction of sp³-hybridized carbons (Fsp3) is 0.400. The number of nitrogens with zero attached hydrogens (tertiary/aromatic N) is 5. The second kappa shape index (κ2) is 6.76. The minimum absolute atomic E-state index is 0.186. The van der Waals surface area contributed by atoms with E-state index in [0.717, 1.165) is 36.2 Å². The van der Waals surface area contributed by atoms with Gasteiger partial charge < -0.3 is 15.6 Å². The summed E-state index contributed by atoms with van der Waals surface area (Å²) in [6.07, 6.45) is 7.16. The Kier molecular flexibility index (Phi) is 4.54. The van der Waals surface area contributed by atoms with Crippen LogP contribution in [0.15, 0.2) is 30.7 Å². The normalized spacial score (nSPS) is 17.7. The molecule has 4 heterocycles. The molecule has 1 fully saturated rings. The number of aliphatic hydroxyl groups is 1. The van der Waals surface area contributed by atoms with Gasteiger partial charge >= 0.3 is 0 Å². The molecule has 1 saturated heterocycles. The maximum Gasteiger partial charge on any atom is 0.238 e. The third-order valence-electron chi connectivity index (χ3n) is 3.55. The van der Waals surface area contributed by atoms with Crippen molar-refractivity contribution in [3.05, 3.63) is 30.7 Å². The standard InChI is InChI=1S/C10H10N6.C5H10O2/c1-15-6-7(4-13-15)9-3-2-8-5-12-10(11)14-16(8)9;6-5-2-1-3-7-4-5/h2-6H,1H3,(H2,11,14);5-6H,1-4H2. The van der Waals surface area contributed by atoms with Crippen LogP contribution in [0.2, 0.25) is 0 Å². The van der Waals surface area contributed by atoms with Gasteiger partial charge in [-0.3, -0.25) is 4.68 Å². The zero-order valence-electron chi connectivity index (χ0n) is 13.0. The Hall–Kier alpha value is -2.45. The molecule has 3 aromatic rings. The van der Waals surface area contributed by atoms with E-state index >= 15 is 0 Å². The maximum absolute atomic E-state index is 8.78. The molecule has 122 valence electrons. The average Bonchev–Trinajstić information content (AvgIpc) is 3.14. The van der Waals surface area contributed by atoms with E-state index in [4.69, 9.17) is 15.6 Å². The van der Waals surface area contributed by atoms with Crippen molar-refractivity contribution in [1.82, 2.24) is 24.4 Å². The molecular weight excluding hydrogens is 296 g/mol. The van der Waals surface area contributed by atoms with Gasteiger partial charge in [-0.05, 0) is 25.0 Å². The summed E-state index contributed by atoms with van der Waals surface area (Å²) in [7, 11) is 1.88. The van der Waals surface area contributed by atoms with Crippen LogP contribution in [0.5, 0.6) is 0 Å². The summed E-state index contributed by atoms with van der Waals surface area (Å²) in [6, 6.07) is 3.92. The van der Waals surface area contributed by atoms with Crippen LogP contribution in [0.3, 0.4) is 0 Å². The van der Waals surface area contributed by atoms with Gasteiger partial charge in [-0.1, -0.05) is 0 Å². The molecule has 0 radical (unpaired) electrons. The van der Waals surface area contributed by atoms with Crippen LogP contribution in [0.1, 0.15) is 12.8 Å². The molecule has 0 bridgehead atoms. The van der Waals surface area contributed by atoms with Crippen molar-refractivity contribution in [2.45, 2.75) is 18.9 Å². The molecule has 8 nitrogen and oxygen atoms in total. The fourth-order valence-electron chi connectivity index (χ4n) is 2.41. The molecule has 1 aliphatic heterocycles. The Morgan fingerprint density at radius 2 is 2.22 bits per heavy atom. The summed E-state index contributed by atoms with van der Waals surface area (Å²) in [5, 5.41) is 17.1. The molecule has 23 heavy (non-hydrogen) atoms. The van der Waals surface area contributed by atoms with Gasteiger partial charge in [-0.2, -0.15) is 5.10 Å². The van der Waals surface area contributed by atoms with Gasteiger partial charge in [0.05, 0.1) is 36.3 Å². The molecule has 4 rings (SSSR count). The lowest BCUT2D eigenvalue weighted by atomic mass is 10.2. The minimum Gasteiger partial charge on any atom is -0.391 e. The van der Waals surface area contributed by atoms with Crippen molar-refractivity contribution in [3.8, 4) is 11.3 Å². The number of nitrogen functional groups attached to an aromatic ring is 1. The maximum atomic E-state index is 8.78. The minimum atomic E-state index is -0.186. The van der Waals surface area contributed by atoms with Crippen molar-refractivity contribution in [1.29, 1.82) is 0 Å². The lowest BCUT2D eigenvalue weighted by Crippen LogP contribution is -2.21. The highest BCUT2D eigenvalue weighted by Crippen LogP contribution is 2.20. The first-order valence-corrected chi connectivity index (χ1v) is 7.48. The number of anilines is 1. The third kappa shape index (κ3) is 3.66. The smallest absolute Gasteiger partial charge is 0.238 e. The van der Waals surface area contributed by atoms with Crippen LogP contribution in [0.25, 0.3) is 16.8 Å². The van der Waals surface area contributed by atoms with Crippen LogP contribution >= 0.6 is 0 Å². The number of aromatic nitrogens is 5. The Labute approximate surface area is 133 Å². The van der Waals surface area contributed by atoms with E-state index in [1.54, 1.807) is 21.6 Å². The molecule has 3 aromatic heterocycles. The van der Waals surface area contributed by atoms with E-state index in [-0.39, 0.29) is 12.1 Å². The number of hydrogen-bond acceptors (Lipinski definition) is 6. The number of aliphatic hydroxyl groups excluding tert-OH is 1. The highest BCUT2D eigenvalue weighted by Gasteiger charge is 2.08. The quantitative estimate of drug-likeness (QED) is 0.690. The first kappa shape index (κ1) is 15.4. The first-order valence-electron chi connectivity index (χ1n) is 7.48. The highest BCUT2D eigenvalue weighted by molar-refractivity contribution is 5.65. The molecule has 1 atom stereocenters. The molecule has 8 heteroatoms. The van der Waals surface area contributed by atoms with Crippen LogP contribution in [-0.4, -0.2) is 48.8 Å². The van der Waals surface area contributed by atoms with Crippen LogP contribution in [0.4, 0.5) is 5.95 Å². The van der Waals surface area contributed by atoms with E-state index in [2.05, 4.69) is 15.2 Å². The monoisotopic (exact) mass is 316 g/mol. The van der Waals surface area contributed by atoms with E-state index in [1.165, 1.54) is 0 Å². The van der Waals surface area contributed by atoms with Gasteiger partial charge in [-0.15, -0.1) is 5.10 Å². The number of hydrogen-bond donors (Lipinski definition) is 2. The van der Waals surface area contributed by atoms with Crippen molar-refractivity contribution in [2.24, 2.45) is 7.05 Å². The molecule has 0 amide bonds. The van der Waals surface area contributed by atoms with Gasteiger partial charge in [0.2, 0.25) is 5.95 Å². The van der Waals surface area contributed by atoms with Gasteiger partial charge in [0.1, 0.15) is 0 Å². The average molecular weight is 316 g/mol. The van der Waals surface area contributed by atoms with Gasteiger partial charge in [-0.25, -0.2) is 9.50 Å². The SMILES string of the molecule is Cn1cc(-c2ccc3cnc(N)nn23)cn1.OC1CCCOC1. The number of fused-ring (bicyclic) bond motifs is 1. The van der Waals surface area contributed by atoms with Gasteiger partial charge in [0.15, 0.2) is 0 Å². The van der Waals surface area contributed by atoms with E-state index < -0.39 is 0 Å². The second-order valence-corrected chi connectivity index (χ2v) is 5.45. The molecule has 0 aromatic carbocycles. The molecule has 0 spiro atoms. The van der Waals surface area contributed by atoms with Crippen LogP contribution < -0.4 is 5.73 Å². The Morgan fingerprint density at radius 3 is 2.83 bits per heavy atom. The summed E-state index contributed by atoms with van der Waals surface area (Å²) in [5.41, 5.74) is 8.44.